The minimum atomic E-state index is 0.179. The molecular weight excluding hydrogens is 404 g/mol. The molecule has 0 spiro atoms. The zero-order valence-electron chi connectivity index (χ0n) is 17.4. The van der Waals surface area contributed by atoms with E-state index in [9.17, 15) is 5.11 Å². The van der Waals surface area contributed by atoms with Crippen LogP contribution in [0.4, 0.5) is 11.4 Å². The number of azo groups is 1. The number of nitrogens with zero attached hydrogens (tertiary/aromatic N) is 2. The predicted octanol–water partition coefficient (Wildman–Crippen LogP) is 3.65. The molecule has 0 radical (unpaired) electrons. The lowest BCUT2D eigenvalue weighted by Gasteiger charge is -2.14. The van der Waals surface area contributed by atoms with Gasteiger partial charge in [-0.05, 0) is 36.4 Å². The molecule has 2 aromatic carbocycles. The van der Waals surface area contributed by atoms with Crippen molar-refractivity contribution in [2.45, 2.75) is 0 Å². The summed E-state index contributed by atoms with van der Waals surface area (Å²) >= 11 is 0. The Morgan fingerprint density at radius 1 is 0.516 bits per heavy atom. The van der Waals surface area contributed by atoms with E-state index in [2.05, 4.69) is 10.2 Å². The number of benzene rings is 2. The third kappa shape index (κ3) is 8.89. The molecule has 0 atom stereocenters. The van der Waals surface area contributed by atoms with Gasteiger partial charge in [-0.2, -0.15) is 10.2 Å². The van der Waals surface area contributed by atoms with Crippen molar-refractivity contribution in [3.8, 4) is 17.2 Å². The molecule has 3 rings (SSSR count). The number of phenolic OH excluding ortho intramolecular Hbond substituents is 1. The lowest BCUT2D eigenvalue weighted by molar-refractivity contribution is -0.00841. The van der Waals surface area contributed by atoms with Gasteiger partial charge in [0.2, 0.25) is 0 Å². The van der Waals surface area contributed by atoms with E-state index in [1.54, 1.807) is 42.5 Å². The maximum Gasteiger partial charge on any atom is 0.163 e. The summed E-state index contributed by atoms with van der Waals surface area (Å²) in [5.41, 5.74) is 1.24. The van der Waals surface area contributed by atoms with Gasteiger partial charge in [-0.25, -0.2) is 0 Å². The standard InChI is InChI=1S/C22H28N2O7/c25-20-4-1-18(2-5-20)23-24-19-3-6-21-22(17-19)31-16-14-29-12-10-27-8-7-26-9-11-28-13-15-30-21/h1-6,17,25H,7-16H2. The number of aromatic hydroxyl groups is 1. The van der Waals surface area contributed by atoms with Crippen molar-refractivity contribution in [1.29, 1.82) is 0 Å². The first-order chi connectivity index (χ1) is 15.3. The molecule has 0 amide bonds. The second-order valence-electron chi connectivity index (χ2n) is 6.49. The molecule has 168 valence electrons. The monoisotopic (exact) mass is 432 g/mol. The van der Waals surface area contributed by atoms with Crippen LogP contribution in [-0.4, -0.2) is 71.2 Å². The fraction of sp³-hybridized carbons (Fsp3) is 0.455. The second kappa shape index (κ2) is 13.6. The molecule has 0 saturated carbocycles. The van der Waals surface area contributed by atoms with Gasteiger partial charge in [-0.15, -0.1) is 0 Å². The summed E-state index contributed by atoms with van der Waals surface area (Å²) in [5, 5.41) is 17.8. The summed E-state index contributed by atoms with van der Waals surface area (Å²) in [6.07, 6.45) is 0. The molecule has 0 aliphatic carbocycles. The fourth-order valence-electron chi connectivity index (χ4n) is 2.61. The van der Waals surface area contributed by atoms with Gasteiger partial charge in [0, 0.05) is 6.07 Å². The quantitative estimate of drug-likeness (QED) is 0.723. The van der Waals surface area contributed by atoms with Gasteiger partial charge in [0.25, 0.3) is 0 Å². The van der Waals surface area contributed by atoms with Crippen LogP contribution in [0.25, 0.3) is 0 Å². The van der Waals surface area contributed by atoms with Gasteiger partial charge in [0.1, 0.15) is 19.0 Å². The SMILES string of the molecule is Oc1ccc(N=Nc2ccc3c(c2)OCCOCCOCCOCCOCCO3)cc1. The molecule has 0 unspecified atom stereocenters. The van der Waals surface area contributed by atoms with E-state index >= 15 is 0 Å². The van der Waals surface area contributed by atoms with Crippen molar-refractivity contribution in [2.75, 3.05) is 66.1 Å². The number of hydrogen-bond acceptors (Lipinski definition) is 9. The molecule has 9 heteroatoms. The third-order valence-electron chi connectivity index (χ3n) is 4.14. The molecule has 1 aliphatic heterocycles. The van der Waals surface area contributed by atoms with Crippen LogP contribution < -0.4 is 9.47 Å². The van der Waals surface area contributed by atoms with Crippen molar-refractivity contribution in [2.24, 2.45) is 10.2 Å². The van der Waals surface area contributed by atoms with Crippen LogP contribution in [0, 0.1) is 0 Å². The lowest BCUT2D eigenvalue weighted by Crippen LogP contribution is -2.15. The summed E-state index contributed by atoms with van der Waals surface area (Å²) in [5.74, 6) is 1.32. The van der Waals surface area contributed by atoms with Crippen molar-refractivity contribution in [3.63, 3.8) is 0 Å². The van der Waals surface area contributed by atoms with Crippen molar-refractivity contribution in [3.05, 3.63) is 42.5 Å². The Hall–Kier alpha value is -2.72. The fourth-order valence-corrected chi connectivity index (χ4v) is 2.61. The molecule has 0 bridgehead atoms. The van der Waals surface area contributed by atoms with Gasteiger partial charge < -0.3 is 33.5 Å². The van der Waals surface area contributed by atoms with E-state index in [0.717, 1.165) is 0 Å². The van der Waals surface area contributed by atoms with E-state index in [-0.39, 0.29) is 5.75 Å². The summed E-state index contributed by atoms with van der Waals surface area (Å²) < 4.78 is 33.6. The molecule has 2 aromatic rings. The largest absolute Gasteiger partial charge is 0.508 e. The Morgan fingerprint density at radius 2 is 0.968 bits per heavy atom. The molecule has 31 heavy (non-hydrogen) atoms. The highest BCUT2D eigenvalue weighted by Gasteiger charge is 2.08. The first-order valence-electron chi connectivity index (χ1n) is 10.2. The number of rotatable bonds is 2. The second-order valence-corrected chi connectivity index (χ2v) is 6.49. The Morgan fingerprint density at radius 3 is 1.55 bits per heavy atom. The Labute approximate surface area is 181 Å². The molecule has 0 fully saturated rings. The first-order valence-corrected chi connectivity index (χ1v) is 10.2. The predicted molar refractivity (Wildman–Crippen MR) is 113 cm³/mol. The smallest absolute Gasteiger partial charge is 0.163 e. The summed E-state index contributed by atoms with van der Waals surface area (Å²) in [6.45, 7) is 4.63. The van der Waals surface area contributed by atoms with E-state index < -0.39 is 0 Å². The molecule has 1 aliphatic rings. The number of hydrogen-bond donors (Lipinski definition) is 1. The molecule has 1 N–H and O–H groups in total. The summed E-state index contributed by atoms with van der Waals surface area (Å²) in [6, 6.07) is 11.8. The normalized spacial score (nSPS) is 17.7. The lowest BCUT2D eigenvalue weighted by atomic mass is 10.3. The molecular formula is C22H28N2O7. The highest BCUT2D eigenvalue weighted by Crippen LogP contribution is 2.32. The number of phenols is 1. The first kappa shape index (κ1) is 23.0. The van der Waals surface area contributed by atoms with Gasteiger partial charge in [0.05, 0.1) is 64.2 Å². The highest BCUT2D eigenvalue weighted by atomic mass is 16.6. The zero-order valence-corrected chi connectivity index (χ0v) is 17.4. The molecule has 0 saturated heterocycles. The maximum absolute atomic E-state index is 9.36. The van der Waals surface area contributed by atoms with Gasteiger partial charge in [0.15, 0.2) is 11.5 Å². The zero-order chi connectivity index (χ0) is 21.6. The topological polar surface area (TPSA) is 100 Å². The van der Waals surface area contributed by atoms with E-state index in [4.69, 9.17) is 28.4 Å². The van der Waals surface area contributed by atoms with E-state index in [1.165, 1.54) is 0 Å². The minimum absolute atomic E-state index is 0.179. The number of ether oxygens (including phenoxy) is 6. The Bertz CT molecular complexity index is 799. The van der Waals surface area contributed by atoms with Crippen molar-refractivity contribution < 1.29 is 33.5 Å². The van der Waals surface area contributed by atoms with Crippen LogP contribution >= 0.6 is 0 Å². The van der Waals surface area contributed by atoms with Crippen LogP contribution in [-0.2, 0) is 18.9 Å². The summed E-state index contributed by atoms with van der Waals surface area (Å²) in [4.78, 5) is 0. The van der Waals surface area contributed by atoms with Crippen molar-refractivity contribution >= 4 is 11.4 Å². The van der Waals surface area contributed by atoms with Crippen molar-refractivity contribution in [1.82, 2.24) is 0 Å². The number of fused-ring (bicyclic) bond motifs is 1. The molecule has 1 heterocycles. The Kier molecular flexibility index (Phi) is 10.0. The summed E-state index contributed by atoms with van der Waals surface area (Å²) in [7, 11) is 0. The van der Waals surface area contributed by atoms with E-state index in [0.29, 0.717) is 88.9 Å². The molecule has 0 aromatic heterocycles. The van der Waals surface area contributed by atoms with Crippen LogP contribution in [0.5, 0.6) is 17.2 Å². The highest BCUT2D eigenvalue weighted by molar-refractivity contribution is 5.52. The van der Waals surface area contributed by atoms with Gasteiger partial charge >= 0.3 is 0 Å². The average molecular weight is 432 g/mol. The average Bonchev–Trinajstić information content (AvgIpc) is 2.79. The van der Waals surface area contributed by atoms with Crippen LogP contribution in [0.2, 0.25) is 0 Å². The van der Waals surface area contributed by atoms with E-state index in [1.807, 2.05) is 0 Å². The van der Waals surface area contributed by atoms with Crippen LogP contribution in [0.1, 0.15) is 0 Å². The minimum Gasteiger partial charge on any atom is -0.508 e. The third-order valence-corrected chi connectivity index (χ3v) is 4.14. The van der Waals surface area contributed by atoms with Gasteiger partial charge in [-0.1, -0.05) is 0 Å². The molecule has 9 nitrogen and oxygen atoms in total. The maximum atomic E-state index is 9.36. The van der Waals surface area contributed by atoms with Crippen LogP contribution in [0.15, 0.2) is 52.7 Å². The van der Waals surface area contributed by atoms with Gasteiger partial charge in [-0.3, -0.25) is 0 Å². The Balaban J connectivity index is 1.62. The van der Waals surface area contributed by atoms with Crippen LogP contribution in [0.3, 0.4) is 0 Å².